The molecule has 0 aromatic heterocycles. The van der Waals surface area contributed by atoms with Crippen molar-refractivity contribution in [2.24, 2.45) is 5.92 Å². The van der Waals surface area contributed by atoms with E-state index >= 15 is 0 Å². The van der Waals surface area contributed by atoms with Gasteiger partial charge in [0.15, 0.2) is 6.61 Å². The summed E-state index contributed by atoms with van der Waals surface area (Å²) in [6, 6.07) is 11.8. The number of anilines is 2. The second kappa shape index (κ2) is 9.82. The molecule has 6 nitrogen and oxygen atoms in total. The lowest BCUT2D eigenvalue weighted by molar-refractivity contribution is -0.148. The first kappa shape index (κ1) is 20.5. The molecule has 0 spiro atoms. The molecule has 3 rings (SSSR count). The van der Waals surface area contributed by atoms with Crippen molar-refractivity contribution in [1.29, 1.82) is 0 Å². The third-order valence-electron chi connectivity index (χ3n) is 4.84. The first-order valence-electron chi connectivity index (χ1n) is 9.62. The lowest BCUT2D eigenvalue weighted by Gasteiger charge is -2.12. The number of ether oxygens (including phenoxy) is 1. The van der Waals surface area contributed by atoms with Gasteiger partial charge in [0, 0.05) is 12.1 Å². The lowest BCUT2D eigenvalue weighted by Crippen LogP contribution is -2.23. The fourth-order valence-corrected chi connectivity index (χ4v) is 3.36. The van der Waals surface area contributed by atoms with Crippen LogP contribution in [0.15, 0.2) is 48.5 Å². The van der Waals surface area contributed by atoms with Crippen molar-refractivity contribution in [3.8, 4) is 0 Å². The van der Waals surface area contributed by atoms with Gasteiger partial charge in [-0.05, 0) is 55.2 Å². The van der Waals surface area contributed by atoms with Crippen LogP contribution >= 0.6 is 0 Å². The van der Waals surface area contributed by atoms with Gasteiger partial charge in [-0.2, -0.15) is 0 Å². The van der Waals surface area contributed by atoms with E-state index in [4.69, 9.17) is 4.74 Å². The van der Waals surface area contributed by atoms with E-state index < -0.39 is 24.2 Å². The summed E-state index contributed by atoms with van der Waals surface area (Å²) < 4.78 is 18.1. The number of carbonyl (C=O) groups is 3. The van der Waals surface area contributed by atoms with E-state index in [1.807, 2.05) is 0 Å². The number of carbonyl (C=O) groups excluding carboxylic acids is 3. The SMILES string of the molecule is O=C(COC(=O)CC1CCCC1)Nc1ccccc1C(=O)Nc1ccc(F)cc1. The van der Waals surface area contributed by atoms with Crippen molar-refractivity contribution in [3.05, 3.63) is 59.9 Å². The van der Waals surface area contributed by atoms with Gasteiger partial charge in [-0.1, -0.05) is 25.0 Å². The number of halogens is 1. The summed E-state index contributed by atoms with van der Waals surface area (Å²) in [6.45, 7) is -0.403. The van der Waals surface area contributed by atoms with Crippen LogP contribution in [0.2, 0.25) is 0 Å². The monoisotopic (exact) mass is 398 g/mol. The maximum Gasteiger partial charge on any atom is 0.306 e. The summed E-state index contributed by atoms with van der Waals surface area (Å²) in [5, 5.41) is 5.25. The Morgan fingerprint density at radius 1 is 0.966 bits per heavy atom. The highest BCUT2D eigenvalue weighted by Crippen LogP contribution is 2.27. The molecule has 0 aliphatic heterocycles. The molecule has 1 aliphatic rings. The van der Waals surface area contributed by atoms with Gasteiger partial charge in [0.25, 0.3) is 11.8 Å². The van der Waals surface area contributed by atoms with E-state index in [1.54, 1.807) is 24.3 Å². The number of esters is 1. The van der Waals surface area contributed by atoms with Crippen LogP contribution < -0.4 is 10.6 Å². The molecule has 152 valence electrons. The van der Waals surface area contributed by atoms with E-state index in [1.165, 1.54) is 24.3 Å². The van der Waals surface area contributed by atoms with Crippen molar-refractivity contribution in [3.63, 3.8) is 0 Å². The van der Waals surface area contributed by atoms with E-state index in [2.05, 4.69) is 10.6 Å². The molecule has 0 radical (unpaired) electrons. The zero-order valence-corrected chi connectivity index (χ0v) is 15.9. The number of para-hydroxylation sites is 1. The van der Waals surface area contributed by atoms with Gasteiger partial charge in [0.2, 0.25) is 0 Å². The Bertz CT molecular complexity index is 877. The Kier molecular flexibility index (Phi) is 6.94. The smallest absolute Gasteiger partial charge is 0.306 e. The van der Waals surface area contributed by atoms with Crippen LogP contribution in [0.4, 0.5) is 15.8 Å². The molecule has 29 heavy (non-hydrogen) atoms. The summed E-state index contributed by atoms with van der Waals surface area (Å²) in [5.74, 6) is -1.41. The molecule has 1 fully saturated rings. The average molecular weight is 398 g/mol. The summed E-state index contributed by atoms with van der Waals surface area (Å²) in [6.07, 6.45) is 4.66. The van der Waals surface area contributed by atoms with Gasteiger partial charge in [-0.25, -0.2) is 4.39 Å². The summed E-state index contributed by atoms with van der Waals surface area (Å²) >= 11 is 0. The number of nitrogens with one attached hydrogen (secondary N) is 2. The highest BCUT2D eigenvalue weighted by molar-refractivity contribution is 6.10. The van der Waals surface area contributed by atoms with Gasteiger partial charge < -0.3 is 15.4 Å². The van der Waals surface area contributed by atoms with Gasteiger partial charge in [0.05, 0.1) is 11.3 Å². The molecule has 7 heteroatoms. The van der Waals surface area contributed by atoms with Crippen molar-refractivity contribution in [2.75, 3.05) is 17.2 Å². The summed E-state index contributed by atoms with van der Waals surface area (Å²) in [5.41, 5.74) is 0.963. The molecule has 2 amide bonds. The second-order valence-corrected chi connectivity index (χ2v) is 7.07. The molecule has 2 aromatic carbocycles. The van der Waals surface area contributed by atoms with Gasteiger partial charge in [-0.15, -0.1) is 0 Å². The molecule has 0 saturated heterocycles. The molecule has 0 heterocycles. The quantitative estimate of drug-likeness (QED) is 0.687. The van der Waals surface area contributed by atoms with Crippen molar-refractivity contribution in [2.45, 2.75) is 32.1 Å². The zero-order valence-electron chi connectivity index (χ0n) is 15.9. The Labute approximate surface area is 168 Å². The number of rotatable bonds is 7. The van der Waals surface area contributed by atoms with Crippen LogP contribution in [0.5, 0.6) is 0 Å². The number of benzene rings is 2. The molecule has 2 aromatic rings. The predicted molar refractivity (Wildman–Crippen MR) is 107 cm³/mol. The number of hydrogen-bond acceptors (Lipinski definition) is 4. The maximum atomic E-state index is 13.0. The van der Waals surface area contributed by atoms with Crippen molar-refractivity contribution >= 4 is 29.2 Å². The minimum atomic E-state index is -0.521. The Morgan fingerprint density at radius 2 is 1.66 bits per heavy atom. The largest absolute Gasteiger partial charge is 0.456 e. The number of hydrogen-bond donors (Lipinski definition) is 2. The summed E-state index contributed by atoms with van der Waals surface area (Å²) in [7, 11) is 0. The standard InChI is InChI=1S/C22H23FN2O4/c23-16-9-11-17(12-10-16)24-22(28)18-7-3-4-8-19(18)25-20(26)14-29-21(27)13-15-5-1-2-6-15/h3-4,7-12,15H,1-2,5-6,13-14H2,(H,24,28)(H,25,26). The summed E-state index contributed by atoms with van der Waals surface area (Å²) in [4.78, 5) is 36.5. The zero-order chi connectivity index (χ0) is 20.6. The maximum absolute atomic E-state index is 13.0. The molecular formula is C22H23FN2O4. The first-order valence-corrected chi connectivity index (χ1v) is 9.62. The fraction of sp³-hybridized carbons (Fsp3) is 0.318. The van der Waals surface area contributed by atoms with Gasteiger partial charge in [0.1, 0.15) is 5.82 Å². The normalized spacial score (nSPS) is 13.7. The van der Waals surface area contributed by atoms with Crippen LogP contribution in [0.25, 0.3) is 0 Å². The second-order valence-electron chi connectivity index (χ2n) is 7.07. The number of amides is 2. The predicted octanol–water partition coefficient (Wildman–Crippen LogP) is 4.14. The van der Waals surface area contributed by atoms with Crippen molar-refractivity contribution in [1.82, 2.24) is 0 Å². The first-order chi connectivity index (χ1) is 14.0. The molecular weight excluding hydrogens is 375 g/mol. The van der Waals surface area contributed by atoms with E-state index in [0.717, 1.165) is 25.7 Å². The van der Waals surface area contributed by atoms with E-state index in [0.29, 0.717) is 23.7 Å². The molecule has 0 atom stereocenters. The third-order valence-corrected chi connectivity index (χ3v) is 4.84. The highest BCUT2D eigenvalue weighted by Gasteiger charge is 2.20. The van der Waals surface area contributed by atoms with Crippen LogP contribution in [-0.4, -0.2) is 24.4 Å². The van der Waals surface area contributed by atoms with Crippen molar-refractivity contribution < 1.29 is 23.5 Å². The third kappa shape index (κ3) is 6.14. The van der Waals surface area contributed by atoms with E-state index in [9.17, 15) is 18.8 Å². The highest BCUT2D eigenvalue weighted by atomic mass is 19.1. The van der Waals surface area contributed by atoms with Crippen LogP contribution in [0.3, 0.4) is 0 Å². The van der Waals surface area contributed by atoms with Crippen LogP contribution in [-0.2, 0) is 14.3 Å². The van der Waals surface area contributed by atoms with Gasteiger partial charge in [-0.3, -0.25) is 14.4 Å². The van der Waals surface area contributed by atoms with Gasteiger partial charge >= 0.3 is 5.97 Å². The molecule has 1 saturated carbocycles. The molecule has 0 unspecified atom stereocenters. The lowest BCUT2D eigenvalue weighted by atomic mass is 10.0. The Hall–Kier alpha value is -3.22. The minimum Gasteiger partial charge on any atom is -0.456 e. The Balaban J connectivity index is 1.55. The minimum absolute atomic E-state index is 0.238. The van der Waals surface area contributed by atoms with E-state index in [-0.39, 0.29) is 11.5 Å². The Morgan fingerprint density at radius 3 is 2.38 bits per heavy atom. The molecule has 0 bridgehead atoms. The van der Waals surface area contributed by atoms with Crippen LogP contribution in [0.1, 0.15) is 42.5 Å². The molecule has 2 N–H and O–H groups in total. The average Bonchev–Trinajstić information content (AvgIpc) is 3.21. The topological polar surface area (TPSA) is 84.5 Å². The molecule has 1 aliphatic carbocycles. The fourth-order valence-electron chi connectivity index (χ4n) is 3.36. The van der Waals surface area contributed by atoms with Crippen LogP contribution in [0, 0.1) is 11.7 Å².